The summed E-state index contributed by atoms with van der Waals surface area (Å²) in [5, 5.41) is 39.9. The maximum Gasteiger partial charge on any atom is 0.222 e. The van der Waals surface area contributed by atoms with Crippen molar-refractivity contribution in [1.29, 1.82) is 10.8 Å². The largest absolute Gasteiger partial charge is 0.508 e. The molecule has 0 bridgehead atoms. The summed E-state index contributed by atoms with van der Waals surface area (Å²) >= 11 is 6.12. The molecule has 4 rings (SSSR count). The number of halogens is 1. The number of benzodiazepines with no additional fused rings is 1. The van der Waals surface area contributed by atoms with E-state index in [1.54, 1.807) is 56.5 Å². The van der Waals surface area contributed by atoms with E-state index in [1.807, 2.05) is 12.1 Å². The standard InChI is InChI=1S/C28H28ClN5O4/c1-16(30)34-24-10-9-21(38-2)12-22(24)27(18-5-7-20(29)8-6-18)33-23(28(34)31)13-26(37)32-14-17-3-4-19(15-35)25(36)11-17/h3-12,23,30-31,35-36H,13-15H2,1-2H3,(H,32,37)/t23-/m0/s1. The number of amides is 1. The second-order valence-corrected chi connectivity index (χ2v) is 9.23. The molecule has 0 saturated heterocycles. The molecule has 0 unspecified atom stereocenters. The highest BCUT2D eigenvalue weighted by molar-refractivity contribution is 6.31. The summed E-state index contributed by atoms with van der Waals surface area (Å²) in [4.78, 5) is 19.3. The fourth-order valence-corrected chi connectivity index (χ4v) is 4.36. The minimum absolute atomic E-state index is 0.00651. The number of aliphatic hydroxyl groups excluding tert-OH is 1. The molecule has 0 aliphatic carbocycles. The van der Waals surface area contributed by atoms with Crippen molar-refractivity contribution in [3.05, 3.63) is 87.9 Å². The van der Waals surface area contributed by atoms with E-state index >= 15 is 0 Å². The molecule has 1 amide bonds. The van der Waals surface area contributed by atoms with Gasteiger partial charge >= 0.3 is 0 Å². The predicted octanol–water partition coefficient (Wildman–Crippen LogP) is 4.25. The van der Waals surface area contributed by atoms with Gasteiger partial charge in [0.1, 0.15) is 29.2 Å². The van der Waals surface area contributed by atoms with Crippen molar-refractivity contribution >= 4 is 40.6 Å². The molecule has 3 aromatic carbocycles. The Hall–Kier alpha value is -4.21. The number of benzene rings is 3. The Balaban J connectivity index is 1.69. The number of anilines is 1. The third kappa shape index (κ3) is 5.69. The molecular formula is C28H28ClN5O4. The van der Waals surface area contributed by atoms with Gasteiger partial charge in [-0.25, -0.2) is 0 Å². The number of fused-ring (bicyclic) bond motifs is 1. The Morgan fingerprint density at radius 2 is 1.89 bits per heavy atom. The molecule has 0 aromatic heterocycles. The SMILES string of the molecule is COc1ccc2c(c1)C(c1ccc(Cl)cc1)=N[C@@H](CC(=O)NCc1ccc(CO)c(O)c1)C(=N)N2C(C)=N. The molecule has 0 fully saturated rings. The van der Waals surface area contributed by atoms with Crippen LogP contribution >= 0.6 is 11.6 Å². The molecule has 1 aliphatic heterocycles. The van der Waals surface area contributed by atoms with E-state index < -0.39 is 6.04 Å². The maximum absolute atomic E-state index is 13.0. The number of hydrogen-bond donors (Lipinski definition) is 5. The fourth-order valence-electron chi connectivity index (χ4n) is 4.24. The predicted molar refractivity (Wildman–Crippen MR) is 148 cm³/mol. The van der Waals surface area contributed by atoms with E-state index in [0.29, 0.717) is 38.9 Å². The van der Waals surface area contributed by atoms with Crippen molar-refractivity contribution < 1.29 is 19.7 Å². The number of carbonyl (C=O) groups is 1. The highest BCUT2D eigenvalue weighted by Crippen LogP contribution is 2.33. The van der Waals surface area contributed by atoms with Gasteiger partial charge in [0, 0.05) is 28.3 Å². The number of carbonyl (C=O) groups excluding carboxylic acids is 1. The molecule has 5 N–H and O–H groups in total. The van der Waals surface area contributed by atoms with Gasteiger partial charge in [-0.05, 0) is 48.9 Å². The molecule has 10 heteroatoms. The number of amidine groups is 2. The zero-order valence-corrected chi connectivity index (χ0v) is 21.7. The lowest BCUT2D eigenvalue weighted by Crippen LogP contribution is -2.42. The van der Waals surface area contributed by atoms with Crippen LogP contribution in [0.3, 0.4) is 0 Å². The molecule has 0 radical (unpaired) electrons. The van der Waals surface area contributed by atoms with Crippen LogP contribution in [-0.4, -0.2) is 46.7 Å². The smallest absolute Gasteiger partial charge is 0.222 e. The summed E-state index contributed by atoms with van der Waals surface area (Å²) in [6.45, 7) is 1.44. The Kier molecular flexibility index (Phi) is 8.09. The summed E-state index contributed by atoms with van der Waals surface area (Å²) < 4.78 is 5.44. The molecule has 1 heterocycles. The summed E-state index contributed by atoms with van der Waals surface area (Å²) in [7, 11) is 1.56. The van der Waals surface area contributed by atoms with E-state index in [2.05, 4.69) is 5.32 Å². The Bertz CT molecular complexity index is 1420. The quantitative estimate of drug-likeness (QED) is 0.228. The number of hydrogen-bond acceptors (Lipinski definition) is 7. The van der Waals surface area contributed by atoms with Crippen LogP contribution in [0.1, 0.15) is 35.6 Å². The van der Waals surface area contributed by atoms with Crippen LogP contribution < -0.4 is 15.0 Å². The van der Waals surface area contributed by atoms with Gasteiger partial charge < -0.3 is 20.3 Å². The van der Waals surface area contributed by atoms with E-state index in [9.17, 15) is 15.0 Å². The zero-order valence-electron chi connectivity index (χ0n) is 21.0. The first-order valence-electron chi connectivity index (χ1n) is 11.9. The van der Waals surface area contributed by atoms with Crippen LogP contribution in [0.4, 0.5) is 5.69 Å². The summed E-state index contributed by atoms with van der Waals surface area (Å²) in [5.41, 5.74) is 3.59. The van der Waals surface area contributed by atoms with Crippen molar-refractivity contribution in [3.8, 4) is 11.5 Å². The number of aromatic hydroxyl groups is 1. The second-order valence-electron chi connectivity index (χ2n) is 8.79. The van der Waals surface area contributed by atoms with Crippen LogP contribution in [-0.2, 0) is 17.9 Å². The van der Waals surface area contributed by atoms with Crippen LogP contribution in [0, 0.1) is 10.8 Å². The summed E-state index contributed by atoms with van der Waals surface area (Å²) in [6, 6.07) is 16.4. The Morgan fingerprint density at radius 3 is 2.53 bits per heavy atom. The van der Waals surface area contributed by atoms with Gasteiger partial charge in [-0.1, -0.05) is 35.9 Å². The van der Waals surface area contributed by atoms with E-state index in [-0.39, 0.29) is 42.9 Å². The number of methoxy groups -OCH3 is 1. The zero-order chi connectivity index (χ0) is 27.4. The minimum Gasteiger partial charge on any atom is -0.508 e. The molecule has 0 spiro atoms. The van der Waals surface area contributed by atoms with Crippen molar-refractivity contribution in [3.63, 3.8) is 0 Å². The molecule has 3 aromatic rings. The molecule has 1 aliphatic rings. The summed E-state index contributed by atoms with van der Waals surface area (Å²) in [6.07, 6.45) is -0.133. The van der Waals surface area contributed by atoms with Crippen LogP contribution in [0.15, 0.2) is 65.7 Å². The molecule has 1 atom stereocenters. The van der Waals surface area contributed by atoms with E-state index in [4.69, 9.17) is 32.1 Å². The first-order valence-corrected chi connectivity index (χ1v) is 12.2. The number of aliphatic imine (C=N–C) groups is 1. The average Bonchev–Trinajstić information content (AvgIpc) is 3.02. The van der Waals surface area contributed by atoms with Crippen molar-refractivity contribution in [2.45, 2.75) is 32.5 Å². The molecule has 38 heavy (non-hydrogen) atoms. The van der Waals surface area contributed by atoms with Gasteiger partial charge in [0.2, 0.25) is 5.91 Å². The van der Waals surface area contributed by atoms with Gasteiger partial charge in [0.25, 0.3) is 0 Å². The number of aliphatic hydroxyl groups is 1. The molecule has 196 valence electrons. The fraction of sp³-hybridized carbons (Fsp3) is 0.214. The van der Waals surface area contributed by atoms with Crippen molar-refractivity contribution in [1.82, 2.24) is 5.32 Å². The molecule has 0 saturated carbocycles. The number of ether oxygens (including phenoxy) is 1. The minimum atomic E-state index is -0.885. The number of nitrogens with zero attached hydrogens (tertiary/aromatic N) is 2. The highest BCUT2D eigenvalue weighted by Gasteiger charge is 2.32. The number of phenols is 1. The van der Waals surface area contributed by atoms with Gasteiger partial charge in [-0.15, -0.1) is 0 Å². The Morgan fingerprint density at radius 1 is 1.16 bits per heavy atom. The lowest BCUT2D eigenvalue weighted by molar-refractivity contribution is -0.121. The molecule has 9 nitrogen and oxygen atoms in total. The lowest BCUT2D eigenvalue weighted by atomic mass is 9.99. The highest BCUT2D eigenvalue weighted by atomic mass is 35.5. The summed E-state index contributed by atoms with van der Waals surface area (Å²) in [5.74, 6) is 0.293. The van der Waals surface area contributed by atoms with Crippen LogP contribution in [0.25, 0.3) is 0 Å². The first kappa shape index (κ1) is 26.8. The third-order valence-corrected chi connectivity index (χ3v) is 6.43. The van der Waals surface area contributed by atoms with Gasteiger partial charge in [0.05, 0.1) is 31.5 Å². The maximum atomic E-state index is 13.0. The average molecular weight is 534 g/mol. The monoisotopic (exact) mass is 533 g/mol. The number of nitrogens with one attached hydrogen (secondary N) is 3. The van der Waals surface area contributed by atoms with Gasteiger partial charge in [-0.3, -0.25) is 25.5 Å². The van der Waals surface area contributed by atoms with Crippen LogP contribution in [0.5, 0.6) is 11.5 Å². The normalized spacial score (nSPS) is 14.8. The number of rotatable bonds is 7. The lowest BCUT2D eigenvalue weighted by Gasteiger charge is -2.26. The third-order valence-electron chi connectivity index (χ3n) is 6.18. The van der Waals surface area contributed by atoms with Crippen molar-refractivity contribution in [2.75, 3.05) is 12.0 Å². The van der Waals surface area contributed by atoms with E-state index in [1.165, 1.54) is 11.0 Å². The molecular weight excluding hydrogens is 506 g/mol. The van der Waals surface area contributed by atoms with Gasteiger partial charge in [0.15, 0.2) is 0 Å². The van der Waals surface area contributed by atoms with Crippen LogP contribution in [0.2, 0.25) is 5.02 Å². The first-order chi connectivity index (χ1) is 18.2. The van der Waals surface area contributed by atoms with E-state index in [0.717, 1.165) is 5.56 Å². The van der Waals surface area contributed by atoms with Crippen molar-refractivity contribution in [2.24, 2.45) is 4.99 Å². The Labute approximate surface area is 225 Å². The second kappa shape index (κ2) is 11.5. The topological polar surface area (TPSA) is 142 Å². The van der Waals surface area contributed by atoms with Gasteiger partial charge in [-0.2, -0.15) is 0 Å².